The molecule has 5 atom stereocenters. The number of nitrogens with zero attached hydrogens (tertiary/aromatic N) is 2. The van der Waals surface area contributed by atoms with E-state index in [4.69, 9.17) is 4.74 Å². The van der Waals surface area contributed by atoms with E-state index >= 15 is 0 Å². The summed E-state index contributed by atoms with van der Waals surface area (Å²) in [5, 5.41) is 16.0. The molecular formula is C37H45BrN4O6Si. The number of hydrogen-bond acceptors (Lipinski definition) is 7. The smallest absolute Gasteiger partial charge is 0.264 e. The van der Waals surface area contributed by atoms with Crippen molar-refractivity contribution < 1.29 is 29.0 Å². The summed E-state index contributed by atoms with van der Waals surface area (Å²) in [5.74, 6) is -0.911. The molecule has 0 radical (unpaired) electrons. The van der Waals surface area contributed by atoms with Crippen LogP contribution in [0.5, 0.6) is 0 Å². The molecule has 3 aromatic carbocycles. The van der Waals surface area contributed by atoms with Crippen LogP contribution in [0, 0.1) is 5.92 Å². The number of hydrogen-bond donors (Lipinski definition) is 4. The average molecular weight is 750 g/mol. The number of ether oxygens (including phenoxy) is 1. The predicted molar refractivity (Wildman–Crippen MR) is 194 cm³/mol. The fourth-order valence-corrected chi connectivity index (χ4v) is 10.9. The zero-order valence-corrected chi connectivity index (χ0v) is 30.8. The van der Waals surface area contributed by atoms with Crippen LogP contribution in [0.15, 0.2) is 77.3 Å². The fraction of sp³-hybridized carbons (Fsp3) is 0.432. The van der Waals surface area contributed by atoms with E-state index in [1.807, 2.05) is 92.8 Å². The zero-order valence-electron chi connectivity index (χ0n) is 28.2. The number of amides is 3. The van der Waals surface area contributed by atoms with Gasteiger partial charge in [-0.15, -0.1) is 0 Å². The Balaban J connectivity index is 1.27. The Bertz CT molecular complexity index is 1680. The number of carbonyl (C=O) groups excluding carboxylic acids is 3. The van der Waals surface area contributed by atoms with E-state index in [0.717, 1.165) is 40.7 Å². The van der Waals surface area contributed by atoms with Crippen LogP contribution in [0.2, 0.25) is 18.6 Å². The van der Waals surface area contributed by atoms with Gasteiger partial charge >= 0.3 is 0 Å². The molecule has 0 aliphatic carbocycles. The highest BCUT2D eigenvalue weighted by Crippen LogP contribution is 2.60. The van der Waals surface area contributed by atoms with Crippen LogP contribution in [0.1, 0.15) is 42.9 Å². The molecule has 3 aliphatic heterocycles. The molecule has 2 fully saturated rings. The highest BCUT2D eigenvalue weighted by Gasteiger charge is 2.66. The van der Waals surface area contributed by atoms with Gasteiger partial charge in [0.1, 0.15) is 0 Å². The Morgan fingerprint density at radius 3 is 2.49 bits per heavy atom. The summed E-state index contributed by atoms with van der Waals surface area (Å²) in [7, 11) is -3.00. The lowest BCUT2D eigenvalue weighted by Crippen LogP contribution is -2.46. The largest absolute Gasteiger partial charge is 0.432 e. The number of nitrogens with one attached hydrogen (secondary N) is 2. The SMILES string of the molecule is C[C@H]1[C@H]([Si](C)(C)O)[C@@H](CC(=O)N(CCO)Cc2ccccc2)O[C@]12C(=O)N(Cc1ccc(NC(=O)[C@H]3CCCN3)cc1)c1ccc(Br)cc12. The van der Waals surface area contributed by atoms with E-state index in [1.165, 1.54) is 0 Å². The third kappa shape index (κ3) is 7.13. The van der Waals surface area contributed by atoms with Crippen molar-refractivity contribution in [2.24, 2.45) is 5.92 Å². The number of aliphatic hydroxyl groups excluding tert-OH is 1. The molecule has 3 aromatic rings. The van der Waals surface area contributed by atoms with Crippen molar-refractivity contribution in [3.63, 3.8) is 0 Å². The maximum absolute atomic E-state index is 14.8. The van der Waals surface area contributed by atoms with Crippen molar-refractivity contribution in [1.82, 2.24) is 10.2 Å². The van der Waals surface area contributed by atoms with Crippen molar-refractivity contribution in [1.29, 1.82) is 0 Å². The molecule has 4 N–H and O–H groups in total. The quantitative estimate of drug-likeness (QED) is 0.206. The molecule has 0 aromatic heterocycles. The first-order valence-electron chi connectivity index (χ1n) is 17.0. The van der Waals surface area contributed by atoms with Crippen LogP contribution in [-0.2, 0) is 37.8 Å². The number of carbonyl (C=O) groups is 3. The molecule has 12 heteroatoms. The van der Waals surface area contributed by atoms with Gasteiger partial charge in [-0.3, -0.25) is 14.4 Å². The summed E-state index contributed by atoms with van der Waals surface area (Å²) in [4.78, 5) is 56.3. The molecule has 3 heterocycles. The van der Waals surface area contributed by atoms with Gasteiger partial charge in [0, 0.05) is 40.3 Å². The molecule has 10 nitrogen and oxygen atoms in total. The molecule has 0 unspecified atom stereocenters. The minimum atomic E-state index is -3.00. The van der Waals surface area contributed by atoms with Gasteiger partial charge in [0.25, 0.3) is 5.91 Å². The topological polar surface area (TPSA) is 131 Å². The average Bonchev–Trinajstić information content (AvgIpc) is 3.76. The summed E-state index contributed by atoms with van der Waals surface area (Å²) in [6.07, 6.45) is 1.06. The molecule has 0 saturated carbocycles. The van der Waals surface area contributed by atoms with Gasteiger partial charge in [-0.05, 0) is 73.9 Å². The summed E-state index contributed by atoms with van der Waals surface area (Å²) < 4.78 is 7.68. The van der Waals surface area contributed by atoms with Gasteiger partial charge in [0.15, 0.2) is 13.9 Å². The molecular weight excluding hydrogens is 704 g/mol. The van der Waals surface area contributed by atoms with Gasteiger partial charge in [-0.1, -0.05) is 65.3 Å². The molecule has 3 amide bonds. The highest BCUT2D eigenvalue weighted by molar-refractivity contribution is 9.10. The van der Waals surface area contributed by atoms with Gasteiger partial charge in [0.05, 0.1) is 37.4 Å². The standard InChI is InChI=1S/C37H45BrN4O6Si/c1-24-34(49(2,3)47)32(21-33(44)41(18-19-43)22-25-8-5-4-6-9-25)48-37(24)29-20-27(38)13-16-31(29)42(36(37)46)23-26-11-14-28(15-12-26)40-35(45)30-10-7-17-39-30/h4-6,8-9,11-16,20,24,30,32,34,39,43,47H,7,10,17-19,21-23H2,1-3H3,(H,40,45)/t24-,30+,32+,34-,37+/m0/s1. The van der Waals surface area contributed by atoms with Crippen molar-refractivity contribution >= 4 is 53.3 Å². The summed E-state index contributed by atoms with van der Waals surface area (Å²) in [6, 6.07) is 22.6. The normalized spacial score (nSPS) is 24.8. The first-order chi connectivity index (χ1) is 23.4. The van der Waals surface area contributed by atoms with E-state index in [-0.39, 0.29) is 49.9 Å². The van der Waals surface area contributed by atoms with Crippen molar-refractivity contribution in [2.45, 2.75) is 75.7 Å². The van der Waals surface area contributed by atoms with Gasteiger partial charge in [0.2, 0.25) is 11.8 Å². The Hall–Kier alpha value is -3.39. The Kier molecular flexibility index (Phi) is 10.5. The lowest BCUT2D eigenvalue weighted by atomic mass is 9.82. The van der Waals surface area contributed by atoms with Crippen LogP contribution in [0.3, 0.4) is 0 Å². The molecule has 3 aliphatic rings. The minimum absolute atomic E-state index is 0.0270. The van der Waals surface area contributed by atoms with Crippen LogP contribution in [0.4, 0.5) is 11.4 Å². The molecule has 0 bridgehead atoms. The van der Waals surface area contributed by atoms with Crippen LogP contribution in [-0.4, -0.2) is 72.7 Å². The highest BCUT2D eigenvalue weighted by atomic mass is 79.9. The predicted octanol–water partition coefficient (Wildman–Crippen LogP) is 4.90. The van der Waals surface area contributed by atoms with Crippen molar-refractivity contribution in [3.05, 3.63) is 94.0 Å². The van der Waals surface area contributed by atoms with Gasteiger partial charge < -0.3 is 35.1 Å². The number of anilines is 2. The van der Waals surface area contributed by atoms with E-state index in [0.29, 0.717) is 17.8 Å². The van der Waals surface area contributed by atoms with Crippen molar-refractivity contribution in [3.8, 4) is 0 Å². The molecule has 1 spiro atoms. The molecule has 260 valence electrons. The molecule has 49 heavy (non-hydrogen) atoms. The molecule has 6 rings (SSSR count). The second-order valence-corrected chi connectivity index (χ2v) is 18.9. The molecule has 2 saturated heterocycles. The van der Waals surface area contributed by atoms with E-state index in [1.54, 1.807) is 9.80 Å². The summed E-state index contributed by atoms with van der Waals surface area (Å²) in [6.45, 7) is 7.06. The van der Waals surface area contributed by atoms with Crippen LogP contribution in [0.25, 0.3) is 0 Å². The number of aliphatic hydroxyl groups is 1. The second kappa shape index (κ2) is 14.5. The lowest BCUT2D eigenvalue weighted by Gasteiger charge is -2.32. The monoisotopic (exact) mass is 748 g/mol. The first kappa shape index (κ1) is 35.4. The Labute approximate surface area is 297 Å². The maximum Gasteiger partial charge on any atom is 0.264 e. The third-order valence-corrected chi connectivity index (χ3v) is 13.2. The lowest BCUT2D eigenvalue weighted by molar-refractivity contribution is -0.150. The van der Waals surface area contributed by atoms with E-state index in [2.05, 4.69) is 26.6 Å². The van der Waals surface area contributed by atoms with Gasteiger partial charge in [-0.2, -0.15) is 0 Å². The third-order valence-electron chi connectivity index (χ3n) is 10.2. The fourth-order valence-electron chi connectivity index (χ4n) is 7.94. The minimum Gasteiger partial charge on any atom is -0.432 e. The van der Waals surface area contributed by atoms with Crippen LogP contribution >= 0.6 is 15.9 Å². The summed E-state index contributed by atoms with van der Waals surface area (Å²) in [5.41, 5.74) is 2.12. The van der Waals surface area contributed by atoms with Gasteiger partial charge in [-0.25, -0.2) is 0 Å². The van der Waals surface area contributed by atoms with Crippen LogP contribution < -0.4 is 15.5 Å². The summed E-state index contributed by atoms with van der Waals surface area (Å²) >= 11 is 3.60. The van der Waals surface area contributed by atoms with Crippen molar-refractivity contribution in [2.75, 3.05) is 29.9 Å². The zero-order chi connectivity index (χ0) is 34.9. The number of fused-ring (bicyclic) bond motifs is 2. The maximum atomic E-state index is 14.8. The Morgan fingerprint density at radius 2 is 1.84 bits per heavy atom. The number of benzene rings is 3. The Morgan fingerprint density at radius 1 is 1.10 bits per heavy atom. The number of halogens is 1. The van der Waals surface area contributed by atoms with E-state index in [9.17, 15) is 24.3 Å². The first-order valence-corrected chi connectivity index (χ1v) is 20.8. The van der Waals surface area contributed by atoms with E-state index < -0.39 is 31.5 Å². The second-order valence-electron chi connectivity index (χ2n) is 14.0. The number of rotatable bonds is 11.